The highest BCUT2D eigenvalue weighted by atomic mass is 16.7. The second-order valence-corrected chi connectivity index (χ2v) is 16.3. The number of ether oxygens (including phenoxy) is 3. The average molecular weight is 806 g/mol. The van der Waals surface area contributed by atoms with Gasteiger partial charge in [-0.3, -0.25) is 14.4 Å². The van der Waals surface area contributed by atoms with Crippen molar-refractivity contribution >= 4 is 23.5 Å². The van der Waals surface area contributed by atoms with E-state index in [2.05, 4.69) is 36.3 Å². The number of carbonyl (C=O) groups excluding carboxylic acids is 2. The molecule has 57 heavy (non-hydrogen) atoms. The molecule has 0 aliphatic heterocycles. The minimum atomic E-state index is -0.554. The van der Waals surface area contributed by atoms with Gasteiger partial charge in [-0.05, 0) is 83.8 Å². The molecule has 0 aliphatic rings. The Kier molecular flexibility index (Phi) is 34.6. The molecule has 0 atom stereocenters. The topological polar surface area (TPSA) is 123 Å². The van der Waals surface area contributed by atoms with Gasteiger partial charge in [-0.15, -0.1) is 0 Å². The Morgan fingerprint density at radius 2 is 0.947 bits per heavy atom. The van der Waals surface area contributed by atoms with Crippen LogP contribution in [0.1, 0.15) is 213 Å². The number of unbranched alkanes of at least 4 members (excludes halogenated alkanes) is 21. The number of rotatable bonds is 42. The van der Waals surface area contributed by atoms with Crippen LogP contribution in [0.25, 0.3) is 0 Å². The van der Waals surface area contributed by atoms with Crippen molar-refractivity contribution in [3.8, 4) is 0 Å². The van der Waals surface area contributed by atoms with Crippen molar-refractivity contribution in [3.05, 3.63) is 20.4 Å². The van der Waals surface area contributed by atoms with E-state index in [-0.39, 0.29) is 12.1 Å². The van der Waals surface area contributed by atoms with Crippen LogP contribution in [-0.2, 0) is 19.0 Å². The van der Waals surface area contributed by atoms with Gasteiger partial charge in [0, 0.05) is 20.0 Å². The van der Waals surface area contributed by atoms with E-state index < -0.39 is 17.0 Å². The molecule has 0 saturated heterocycles. The Labute approximate surface area is 348 Å². The first kappa shape index (κ1) is 52.4. The maximum absolute atomic E-state index is 12.8. The van der Waals surface area contributed by atoms with Crippen LogP contribution in [0.15, 0.2) is 9.59 Å². The Balaban J connectivity index is 2.37. The van der Waals surface area contributed by atoms with E-state index in [0.717, 1.165) is 122 Å². The second-order valence-electron chi connectivity index (χ2n) is 16.3. The van der Waals surface area contributed by atoms with E-state index in [4.69, 9.17) is 14.2 Å². The summed E-state index contributed by atoms with van der Waals surface area (Å²) in [6, 6.07) is 0. The van der Waals surface area contributed by atoms with Gasteiger partial charge >= 0.3 is 12.1 Å². The molecular formula is C47H87N3O7. The summed E-state index contributed by atoms with van der Waals surface area (Å²) in [7, 11) is 1.66. The quantitative estimate of drug-likeness (QED) is 0.0375. The molecule has 10 heteroatoms. The van der Waals surface area contributed by atoms with Crippen LogP contribution >= 0.6 is 0 Å². The lowest BCUT2D eigenvalue weighted by atomic mass is 10.0. The number of nitrogens with zero attached hydrogens (tertiary/aromatic N) is 1. The number of nitrogens with one attached hydrogen (secondary N) is 2. The summed E-state index contributed by atoms with van der Waals surface area (Å²) in [5.74, 6) is -0.0121. The Hall–Kier alpha value is -2.62. The van der Waals surface area contributed by atoms with Crippen molar-refractivity contribution in [1.82, 2.24) is 4.90 Å². The molecule has 0 saturated carbocycles. The molecule has 0 radical (unpaired) electrons. The summed E-state index contributed by atoms with van der Waals surface area (Å²) < 4.78 is 16.5. The van der Waals surface area contributed by atoms with Crippen molar-refractivity contribution in [2.75, 3.05) is 57.1 Å². The molecule has 0 aromatic heterocycles. The smallest absolute Gasteiger partial charge is 0.462 e. The predicted octanol–water partition coefficient (Wildman–Crippen LogP) is 11.9. The molecule has 0 bridgehead atoms. The van der Waals surface area contributed by atoms with E-state index in [1.54, 1.807) is 7.05 Å². The summed E-state index contributed by atoms with van der Waals surface area (Å²) in [6.45, 7) is 11.1. The van der Waals surface area contributed by atoms with Crippen LogP contribution in [0.2, 0.25) is 0 Å². The molecule has 0 amide bonds. The molecule has 0 aliphatic carbocycles. The van der Waals surface area contributed by atoms with Crippen LogP contribution in [0.5, 0.6) is 0 Å². The zero-order valence-corrected chi connectivity index (χ0v) is 37.3. The van der Waals surface area contributed by atoms with Crippen molar-refractivity contribution in [2.24, 2.45) is 0 Å². The van der Waals surface area contributed by atoms with Crippen LogP contribution in [0, 0.1) is 0 Å². The average Bonchev–Trinajstić information content (AvgIpc) is 3.21. The van der Waals surface area contributed by atoms with Gasteiger partial charge in [0.2, 0.25) is 0 Å². The standard InChI is InChI=1S/C47H87N3O7/c1-5-8-11-14-17-24-32-41(33-25-18-15-12-9-6-2)57-42(51)34-26-19-16-20-27-36-50(38-31-35-49-44-43(48-4)45(52)46(44)53)37-28-21-23-30-40-56-47(54)55-39-29-22-13-10-7-3/h41,48-49H,5-40H2,1-4H3. The van der Waals surface area contributed by atoms with Gasteiger partial charge in [0.05, 0.1) is 13.2 Å². The maximum Gasteiger partial charge on any atom is 0.508 e. The first-order valence-electron chi connectivity index (χ1n) is 23.8. The number of carbonyl (C=O) groups is 2. The molecule has 1 aromatic carbocycles. The van der Waals surface area contributed by atoms with Gasteiger partial charge in [0.15, 0.2) is 0 Å². The van der Waals surface area contributed by atoms with E-state index >= 15 is 0 Å². The highest BCUT2D eigenvalue weighted by Crippen LogP contribution is 2.19. The fourth-order valence-electron chi connectivity index (χ4n) is 7.45. The normalized spacial score (nSPS) is 11.5. The van der Waals surface area contributed by atoms with Crippen LogP contribution in [0.4, 0.5) is 16.2 Å². The Bertz CT molecular complexity index is 1150. The van der Waals surface area contributed by atoms with E-state index in [1.165, 1.54) is 83.5 Å². The second kappa shape index (κ2) is 37.6. The molecule has 0 spiro atoms. The fourth-order valence-corrected chi connectivity index (χ4v) is 7.45. The number of esters is 1. The fraction of sp³-hybridized carbons (Fsp3) is 0.872. The Morgan fingerprint density at radius 1 is 0.526 bits per heavy atom. The molecule has 332 valence electrons. The first-order chi connectivity index (χ1) is 27.9. The van der Waals surface area contributed by atoms with Gasteiger partial charge in [-0.1, -0.05) is 143 Å². The van der Waals surface area contributed by atoms with Crippen molar-refractivity contribution in [1.29, 1.82) is 0 Å². The third-order valence-corrected chi connectivity index (χ3v) is 11.1. The minimum Gasteiger partial charge on any atom is -0.462 e. The van der Waals surface area contributed by atoms with Crippen LogP contribution < -0.4 is 21.5 Å². The summed E-state index contributed by atoms with van der Waals surface area (Å²) >= 11 is 0. The first-order valence-corrected chi connectivity index (χ1v) is 23.8. The van der Waals surface area contributed by atoms with E-state index in [9.17, 15) is 19.2 Å². The zero-order chi connectivity index (χ0) is 41.6. The number of hydrogen-bond donors (Lipinski definition) is 2. The lowest BCUT2D eigenvalue weighted by molar-refractivity contribution is -0.150. The van der Waals surface area contributed by atoms with Gasteiger partial charge < -0.3 is 29.7 Å². The maximum atomic E-state index is 12.8. The van der Waals surface area contributed by atoms with Crippen molar-refractivity contribution < 1.29 is 23.8 Å². The van der Waals surface area contributed by atoms with E-state index in [0.29, 0.717) is 37.6 Å². The van der Waals surface area contributed by atoms with Gasteiger partial charge in [-0.2, -0.15) is 0 Å². The monoisotopic (exact) mass is 806 g/mol. The largest absolute Gasteiger partial charge is 0.508 e. The summed E-state index contributed by atoms with van der Waals surface area (Å²) in [5.41, 5.74) is -0.104. The molecule has 0 unspecified atom stereocenters. The van der Waals surface area contributed by atoms with Gasteiger partial charge in [0.1, 0.15) is 17.5 Å². The van der Waals surface area contributed by atoms with Gasteiger partial charge in [-0.25, -0.2) is 4.79 Å². The third-order valence-electron chi connectivity index (χ3n) is 11.1. The molecule has 1 rings (SSSR count). The number of anilines is 2. The number of hydrogen-bond acceptors (Lipinski definition) is 10. The van der Waals surface area contributed by atoms with Crippen LogP contribution in [0.3, 0.4) is 0 Å². The summed E-state index contributed by atoms with van der Waals surface area (Å²) in [5, 5.41) is 5.98. The zero-order valence-electron chi connectivity index (χ0n) is 37.3. The highest BCUT2D eigenvalue weighted by molar-refractivity contribution is 5.73. The molecule has 0 heterocycles. The predicted molar refractivity (Wildman–Crippen MR) is 239 cm³/mol. The lowest BCUT2D eigenvalue weighted by Gasteiger charge is -2.23. The van der Waals surface area contributed by atoms with Crippen LogP contribution in [-0.4, -0.2) is 69.6 Å². The van der Waals surface area contributed by atoms with Crippen molar-refractivity contribution in [2.45, 2.75) is 219 Å². The van der Waals surface area contributed by atoms with Crippen molar-refractivity contribution in [3.63, 3.8) is 0 Å². The molecular weight excluding hydrogens is 719 g/mol. The highest BCUT2D eigenvalue weighted by Gasteiger charge is 2.19. The third kappa shape index (κ3) is 28.4. The Morgan fingerprint density at radius 3 is 1.46 bits per heavy atom. The lowest BCUT2D eigenvalue weighted by Crippen LogP contribution is -2.37. The summed E-state index contributed by atoms with van der Waals surface area (Å²) in [6.07, 6.45) is 32.9. The molecule has 10 nitrogen and oxygen atoms in total. The van der Waals surface area contributed by atoms with E-state index in [1.807, 2.05) is 0 Å². The SMILES string of the molecule is CCCCCCCCC(CCCCCCCC)OC(=O)CCCCCCCN(CCCCCCOC(=O)OCCCCCCC)CCCNc1c(NC)c(=O)c1=O. The summed E-state index contributed by atoms with van der Waals surface area (Å²) in [4.78, 5) is 50.8. The minimum absolute atomic E-state index is 0.0121. The molecule has 1 aromatic rings. The molecule has 2 N–H and O–H groups in total. The van der Waals surface area contributed by atoms with Gasteiger partial charge in [0.25, 0.3) is 10.9 Å². The molecule has 0 fully saturated rings.